The molecule has 0 fully saturated rings. The molecule has 1 aromatic rings. The van der Waals surface area contributed by atoms with Gasteiger partial charge in [-0.2, -0.15) is 0 Å². The zero-order chi connectivity index (χ0) is 11.1. The van der Waals surface area contributed by atoms with Gasteiger partial charge in [-0.25, -0.2) is 0 Å². The minimum Gasteiger partial charge on any atom is -0.390 e. The predicted octanol–water partition coefficient (Wildman–Crippen LogP) is 0.901. The fourth-order valence-electron chi connectivity index (χ4n) is 1.28. The van der Waals surface area contributed by atoms with Gasteiger partial charge in [-0.05, 0) is 30.7 Å². The summed E-state index contributed by atoms with van der Waals surface area (Å²) < 4.78 is 1.10. The van der Waals surface area contributed by atoms with Crippen LogP contribution < -0.4 is 11.1 Å². The lowest BCUT2D eigenvalue weighted by Crippen LogP contribution is -2.33. The van der Waals surface area contributed by atoms with Crippen LogP contribution in [0.1, 0.15) is 5.56 Å². The first-order valence-corrected chi connectivity index (χ1v) is 5.85. The number of benzene rings is 1. The van der Waals surface area contributed by atoms with Crippen LogP contribution in [0.4, 0.5) is 0 Å². The Morgan fingerprint density at radius 3 is 2.93 bits per heavy atom. The Kier molecular flexibility index (Phi) is 5.86. The minimum absolute atomic E-state index is 0.309. The molecule has 0 saturated heterocycles. The number of aliphatic hydroxyl groups excluding tert-OH is 1. The lowest BCUT2D eigenvalue weighted by Gasteiger charge is -2.09. The van der Waals surface area contributed by atoms with Crippen molar-refractivity contribution in [3.63, 3.8) is 0 Å². The molecule has 84 valence electrons. The average Bonchev–Trinajstić information content (AvgIpc) is 2.24. The quantitative estimate of drug-likeness (QED) is 0.675. The molecule has 15 heavy (non-hydrogen) atoms. The van der Waals surface area contributed by atoms with Gasteiger partial charge >= 0.3 is 0 Å². The normalized spacial score (nSPS) is 12.7. The molecule has 0 saturated carbocycles. The number of nitrogens with two attached hydrogens (primary N) is 1. The highest BCUT2D eigenvalue weighted by atomic mass is 79.9. The molecule has 1 atom stereocenters. The van der Waals surface area contributed by atoms with Gasteiger partial charge < -0.3 is 16.2 Å². The number of aliphatic hydroxyl groups is 1. The number of hydrogen-bond donors (Lipinski definition) is 3. The molecule has 0 aromatic heterocycles. The van der Waals surface area contributed by atoms with Crippen LogP contribution in [0.15, 0.2) is 28.7 Å². The van der Waals surface area contributed by atoms with Crippen LogP contribution >= 0.6 is 15.9 Å². The molecule has 1 rings (SSSR count). The predicted molar refractivity (Wildman–Crippen MR) is 65.8 cm³/mol. The molecule has 3 nitrogen and oxygen atoms in total. The SMILES string of the molecule is NCC(O)CNCCc1cccc(Br)c1. The third kappa shape index (κ3) is 5.28. The second-order valence-electron chi connectivity index (χ2n) is 3.47. The summed E-state index contributed by atoms with van der Waals surface area (Å²) in [6.07, 6.45) is 0.518. The van der Waals surface area contributed by atoms with Crippen molar-refractivity contribution < 1.29 is 5.11 Å². The monoisotopic (exact) mass is 272 g/mol. The van der Waals surface area contributed by atoms with E-state index in [9.17, 15) is 5.11 Å². The summed E-state index contributed by atoms with van der Waals surface area (Å²) in [5, 5.41) is 12.4. The van der Waals surface area contributed by atoms with Crippen molar-refractivity contribution in [2.24, 2.45) is 5.73 Å². The van der Waals surface area contributed by atoms with Crippen LogP contribution in [0, 0.1) is 0 Å². The molecule has 1 unspecified atom stereocenters. The lowest BCUT2D eigenvalue weighted by atomic mass is 10.1. The van der Waals surface area contributed by atoms with Gasteiger partial charge in [0.05, 0.1) is 6.10 Å². The standard InChI is InChI=1S/C11H17BrN2O/c12-10-3-1-2-9(6-10)4-5-14-8-11(15)7-13/h1-3,6,11,14-15H,4-5,7-8,13H2. The molecular weight excluding hydrogens is 256 g/mol. The Bertz CT molecular complexity index is 294. The molecule has 0 aliphatic carbocycles. The van der Waals surface area contributed by atoms with Crippen LogP contribution in [0.3, 0.4) is 0 Å². The van der Waals surface area contributed by atoms with Crippen molar-refractivity contribution in [3.05, 3.63) is 34.3 Å². The van der Waals surface area contributed by atoms with E-state index in [1.165, 1.54) is 5.56 Å². The summed E-state index contributed by atoms with van der Waals surface area (Å²) in [5.74, 6) is 0. The average molecular weight is 273 g/mol. The first-order valence-electron chi connectivity index (χ1n) is 5.05. The van der Waals surface area contributed by atoms with Gasteiger partial charge in [0.2, 0.25) is 0 Å². The zero-order valence-electron chi connectivity index (χ0n) is 8.62. The van der Waals surface area contributed by atoms with Crippen molar-refractivity contribution in [1.82, 2.24) is 5.32 Å². The summed E-state index contributed by atoms with van der Waals surface area (Å²) in [7, 11) is 0. The second kappa shape index (κ2) is 6.95. The van der Waals surface area contributed by atoms with E-state index in [-0.39, 0.29) is 0 Å². The van der Waals surface area contributed by atoms with Crippen molar-refractivity contribution in [2.45, 2.75) is 12.5 Å². The van der Waals surface area contributed by atoms with E-state index < -0.39 is 6.10 Å². The van der Waals surface area contributed by atoms with Gasteiger partial charge in [0.1, 0.15) is 0 Å². The van der Waals surface area contributed by atoms with Crippen molar-refractivity contribution >= 4 is 15.9 Å². The number of nitrogens with one attached hydrogen (secondary N) is 1. The molecule has 4 heteroatoms. The van der Waals surface area contributed by atoms with Gasteiger partial charge in [0.15, 0.2) is 0 Å². The van der Waals surface area contributed by atoms with Crippen LogP contribution in [0.2, 0.25) is 0 Å². The van der Waals surface area contributed by atoms with Gasteiger partial charge in [-0.1, -0.05) is 28.1 Å². The van der Waals surface area contributed by atoms with E-state index in [4.69, 9.17) is 5.73 Å². The molecule has 0 aliphatic heterocycles. The minimum atomic E-state index is -0.437. The Morgan fingerprint density at radius 1 is 1.47 bits per heavy atom. The highest BCUT2D eigenvalue weighted by Crippen LogP contribution is 2.11. The van der Waals surface area contributed by atoms with Crippen molar-refractivity contribution in [2.75, 3.05) is 19.6 Å². The van der Waals surface area contributed by atoms with Gasteiger partial charge in [0.25, 0.3) is 0 Å². The topological polar surface area (TPSA) is 58.3 Å². The molecule has 0 aliphatic rings. The van der Waals surface area contributed by atoms with Gasteiger partial charge in [-0.3, -0.25) is 0 Å². The third-order valence-corrected chi connectivity index (χ3v) is 2.62. The van der Waals surface area contributed by atoms with Crippen LogP contribution in [0.25, 0.3) is 0 Å². The van der Waals surface area contributed by atoms with Crippen molar-refractivity contribution in [3.8, 4) is 0 Å². The number of rotatable bonds is 6. The van der Waals surface area contributed by atoms with Crippen LogP contribution in [-0.4, -0.2) is 30.8 Å². The highest BCUT2D eigenvalue weighted by Gasteiger charge is 1.99. The van der Waals surface area contributed by atoms with E-state index >= 15 is 0 Å². The Hall–Kier alpha value is -0.420. The van der Waals surface area contributed by atoms with Crippen LogP contribution in [-0.2, 0) is 6.42 Å². The zero-order valence-corrected chi connectivity index (χ0v) is 10.2. The lowest BCUT2D eigenvalue weighted by molar-refractivity contribution is 0.180. The third-order valence-electron chi connectivity index (χ3n) is 2.13. The maximum atomic E-state index is 9.20. The molecule has 0 spiro atoms. The summed E-state index contributed by atoms with van der Waals surface area (Å²) in [6, 6.07) is 8.22. The molecule has 0 amide bonds. The fourth-order valence-corrected chi connectivity index (χ4v) is 1.72. The maximum absolute atomic E-state index is 9.20. The highest BCUT2D eigenvalue weighted by molar-refractivity contribution is 9.10. The van der Waals surface area contributed by atoms with Gasteiger partial charge in [-0.15, -0.1) is 0 Å². The first kappa shape index (κ1) is 12.6. The largest absolute Gasteiger partial charge is 0.390 e. The Labute approximate surface area is 98.8 Å². The second-order valence-corrected chi connectivity index (χ2v) is 4.39. The Balaban J connectivity index is 2.20. The molecule has 4 N–H and O–H groups in total. The first-order chi connectivity index (χ1) is 7.22. The van der Waals surface area contributed by atoms with Crippen LogP contribution in [0.5, 0.6) is 0 Å². The molecular formula is C11H17BrN2O. The Morgan fingerprint density at radius 2 is 2.27 bits per heavy atom. The maximum Gasteiger partial charge on any atom is 0.0786 e. The number of hydrogen-bond acceptors (Lipinski definition) is 3. The van der Waals surface area contributed by atoms with E-state index in [0.717, 1.165) is 17.4 Å². The van der Waals surface area contributed by atoms with E-state index in [1.807, 2.05) is 12.1 Å². The smallest absolute Gasteiger partial charge is 0.0786 e. The summed E-state index contributed by atoms with van der Waals surface area (Å²) >= 11 is 3.43. The number of halogens is 1. The fraction of sp³-hybridized carbons (Fsp3) is 0.455. The summed E-state index contributed by atoms with van der Waals surface area (Å²) in [4.78, 5) is 0. The van der Waals surface area contributed by atoms with E-state index in [1.54, 1.807) is 0 Å². The summed E-state index contributed by atoms with van der Waals surface area (Å²) in [6.45, 7) is 1.72. The molecule has 0 radical (unpaired) electrons. The van der Waals surface area contributed by atoms with E-state index in [2.05, 4.69) is 33.4 Å². The molecule has 1 aromatic carbocycles. The molecule has 0 bridgehead atoms. The van der Waals surface area contributed by atoms with E-state index in [0.29, 0.717) is 13.1 Å². The van der Waals surface area contributed by atoms with Gasteiger partial charge in [0, 0.05) is 17.6 Å². The van der Waals surface area contributed by atoms with Crippen molar-refractivity contribution in [1.29, 1.82) is 0 Å². The summed E-state index contributed by atoms with van der Waals surface area (Å²) in [5.41, 5.74) is 6.57. The molecule has 0 heterocycles.